The lowest BCUT2D eigenvalue weighted by molar-refractivity contribution is 0.532. The van der Waals surface area contributed by atoms with Crippen LogP contribution in [0.15, 0.2) is 48.8 Å². The van der Waals surface area contributed by atoms with Crippen molar-refractivity contribution in [2.45, 2.75) is 4.90 Å². The summed E-state index contributed by atoms with van der Waals surface area (Å²) in [5.74, 6) is 0. The largest absolute Gasteiger partial charge is 0.422 e. The minimum atomic E-state index is -4.06. The van der Waals surface area contributed by atoms with Crippen LogP contribution >= 0.6 is 0 Å². The molecule has 0 radical (unpaired) electrons. The molecule has 1 aromatic carbocycles. The van der Waals surface area contributed by atoms with Crippen molar-refractivity contribution in [2.24, 2.45) is 4.40 Å². The van der Waals surface area contributed by atoms with Crippen LogP contribution in [0.25, 0.3) is 11.0 Å². The van der Waals surface area contributed by atoms with E-state index < -0.39 is 20.5 Å². The first-order valence-electron chi connectivity index (χ1n) is 5.40. The van der Waals surface area contributed by atoms with Gasteiger partial charge in [0, 0.05) is 19.5 Å². The van der Waals surface area contributed by atoms with Gasteiger partial charge in [-0.3, -0.25) is 0 Å². The molecule has 0 atom stereocenters. The second-order valence-corrected chi connectivity index (χ2v) is 5.70. The fourth-order valence-electron chi connectivity index (χ4n) is 1.44. The van der Waals surface area contributed by atoms with E-state index in [9.17, 15) is 13.2 Å². The summed E-state index contributed by atoms with van der Waals surface area (Å²) in [4.78, 5) is 12.7. The van der Waals surface area contributed by atoms with E-state index in [0.717, 1.165) is 6.34 Å². The Morgan fingerprint density at radius 2 is 1.95 bits per heavy atom. The molecule has 0 unspecified atom stereocenters. The Bertz CT molecular complexity index is 791. The van der Waals surface area contributed by atoms with E-state index in [1.807, 2.05) is 0 Å². The summed E-state index contributed by atoms with van der Waals surface area (Å²) < 4.78 is 32.2. The standard InChI is InChI=1S/C12H12N2O4S/c1-14(2)8-13-19(16,17)11-7-9-5-3-4-6-10(9)18-12(11)15/h3-8H,1-2H3/b13-8+. The van der Waals surface area contributed by atoms with E-state index in [2.05, 4.69) is 4.40 Å². The molecule has 7 heteroatoms. The zero-order valence-corrected chi connectivity index (χ0v) is 11.2. The molecule has 0 bridgehead atoms. The molecule has 0 amide bonds. The summed E-state index contributed by atoms with van der Waals surface area (Å²) in [5.41, 5.74) is -0.586. The average Bonchev–Trinajstić information content (AvgIpc) is 2.35. The van der Waals surface area contributed by atoms with Gasteiger partial charge in [0.15, 0.2) is 4.90 Å². The quantitative estimate of drug-likeness (QED) is 0.477. The van der Waals surface area contributed by atoms with E-state index in [0.29, 0.717) is 11.0 Å². The predicted octanol–water partition coefficient (Wildman–Crippen LogP) is 1.07. The SMILES string of the molecule is CN(C)/C=N/S(=O)(=O)c1cc2ccccc2oc1=O. The molecule has 6 nitrogen and oxygen atoms in total. The number of hydrogen-bond acceptors (Lipinski definition) is 4. The number of hydrogen-bond donors (Lipinski definition) is 0. The molecule has 0 aliphatic rings. The van der Waals surface area contributed by atoms with Crippen molar-refractivity contribution in [2.75, 3.05) is 14.1 Å². The highest BCUT2D eigenvalue weighted by Gasteiger charge is 2.19. The molecule has 1 aromatic heterocycles. The molecule has 100 valence electrons. The highest BCUT2D eigenvalue weighted by molar-refractivity contribution is 7.90. The van der Waals surface area contributed by atoms with Crippen LogP contribution in [-0.2, 0) is 10.0 Å². The maximum atomic E-state index is 11.9. The average molecular weight is 280 g/mol. The molecule has 0 N–H and O–H groups in total. The van der Waals surface area contributed by atoms with Gasteiger partial charge in [0.25, 0.3) is 10.0 Å². The van der Waals surface area contributed by atoms with Gasteiger partial charge in [0.05, 0.1) is 0 Å². The van der Waals surface area contributed by atoms with Crippen molar-refractivity contribution in [3.05, 3.63) is 40.8 Å². The first-order chi connectivity index (χ1) is 8.90. The van der Waals surface area contributed by atoms with Gasteiger partial charge >= 0.3 is 5.63 Å². The number of nitrogens with zero attached hydrogens (tertiary/aromatic N) is 2. The lowest BCUT2D eigenvalue weighted by atomic mass is 10.2. The van der Waals surface area contributed by atoms with Crippen LogP contribution in [0.4, 0.5) is 0 Å². The van der Waals surface area contributed by atoms with Crippen LogP contribution in [0.2, 0.25) is 0 Å². The molecular weight excluding hydrogens is 268 g/mol. The predicted molar refractivity (Wildman–Crippen MR) is 71.8 cm³/mol. The fourth-order valence-corrected chi connectivity index (χ4v) is 2.39. The molecule has 2 aromatic rings. The maximum Gasteiger partial charge on any atom is 0.357 e. The summed E-state index contributed by atoms with van der Waals surface area (Å²) in [6.07, 6.45) is 1.12. The Morgan fingerprint density at radius 3 is 2.63 bits per heavy atom. The molecule has 0 fully saturated rings. The van der Waals surface area contributed by atoms with E-state index >= 15 is 0 Å². The van der Waals surface area contributed by atoms with Gasteiger partial charge in [-0.15, -0.1) is 4.40 Å². The Hall–Kier alpha value is -2.15. The first kappa shape index (κ1) is 13.3. The molecule has 0 aliphatic carbocycles. The highest BCUT2D eigenvalue weighted by atomic mass is 32.2. The Morgan fingerprint density at radius 1 is 1.26 bits per heavy atom. The van der Waals surface area contributed by atoms with Crippen molar-refractivity contribution in [3.63, 3.8) is 0 Å². The number of fused-ring (bicyclic) bond motifs is 1. The van der Waals surface area contributed by atoms with E-state index in [-0.39, 0.29) is 0 Å². The van der Waals surface area contributed by atoms with Crippen LogP contribution < -0.4 is 5.63 Å². The monoisotopic (exact) mass is 280 g/mol. The van der Waals surface area contributed by atoms with Gasteiger partial charge in [0.2, 0.25) is 0 Å². The topological polar surface area (TPSA) is 80.0 Å². The summed E-state index contributed by atoms with van der Waals surface area (Å²) in [5, 5.41) is 0.528. The van der Waals surface area contributed by atoms with Crippen molar-refractivity contribution < 1.29 is 12.8 Å². The zero-order chi connectivity index (χ0) is 14.0. The van der Waals surface area contributed by atoms with Crippen molar-refractivity contribution >= 4 is 27.3 Å². The molecular formula is C12H12N2O4S. The van der Waals surface area contributed by atoms with Gasteiger partial charge in [-0.25, -0.2) is 4.79 Å². The number of benzene rings is 1. The van der Waals surface area contributed by atoms with Gasteiger partial charge in [-0.2, -0.15) is 8.42 Å². The van der Waals surface area contributed by atoms with Gasteiger partial charge in [0.1, 0.15) is 11.9 Å². The second kappa shape index (κ2) is 4.85. The Kier molecular flexibility index (Phi) is 3.39. The summed E-state index contributed by atoms with van der Waals surface area (Å²) in [6, 6.07) is 7.94. The molecule has 0 saturated carbocycles. The van der Waals surface area contributed by atoms with Crippen LogP contribution in [0.3, 0.4) is 0 Å². The third-order valence-electron chi connectivity index (χ3n) is 2.30. The molecule has 19 heavy (non-hydrogen) atoms. The van der Waals surface area contributed by atoms with Crippen LogP contribution in [-0.4, -0.2) is 33.8 Å². The molecule has 2 rings (SSSR count). The lowest BCUT2D eigenvalue weighted by Crippen LogP contribution is -2.15. The smallest absolute Gasteiger partial charge is 0.357 e. The Balaban J connectivity index is 2.63. The molecule has 0 aliphatic heterocycles. The highest BCUT2D eigenvalue weighted by Crippen LogP contribution is 2.16. The fraction of sp³-hybridized carbons (Fsp3) is 0.167. The van der Waals surface area contributed by atoms with Crippen molar-refractivity contribution in [3.8, 4) is 0 Å². The van der Waals surface area contributed by atoms with Crippen molar-refractivity contribution in [1.29, 1.82) is 0 Å². The Labute approximate surface area is 110 Å². The molecule has 1 heterocycles. The van der Waals surface area contributed by atoms with Gasteiger partial charge < -0.3 is 9.32 Å². The van der Waals surface area contributed by atoms with Crippen molar-refractivity contribution in [1.82, 2.24) is 4.90 Å². The maximum absolute atomic E-state index is 11.9. The third kappa shape index (κ3) is 2.82. The second-order valence-electron chi connectivity index (χ2n) is 4.10. The molecule has 0 saturated heterocycles. The van der Waals surface area contributed by atoms with Crippen LogP contribution in [0.5, 0.6) is 0 Å². The number of sulfonamides is 1. The summed E-state index contributed by atoms with van der Waals surface area (Å²) in [7, 11) is -0.802. The molecule has 0 spiro atoms. The van der Waals surface area contributed by atoms with Crippen LogP contribution in [0, 0.1) is 0 Å². The third-order valence-corrected chi connectivity index (χ3v) is 3.52. The minimum absolute atomic E-state index is 0.336. The summed E-state index contributed by atoms with van der Waals surface area (Å²) in [6.45, 7) is 0. The van der Waals surface area contributed by atoms with Gasteiger partial charge in [-0.05, 0) is 12.1 Å². The normalized spacial score (nSPS) is 12.1. The van der Waals surface area contributed by atoms with E-state index in [1.165, 1.54) is 11.0 Å². The summed E-state index contributed by atoms with van der Waals surface area (Å²) >= 11 is 0. The number of rotatable bonds is 3. The lowest BCUT2D eigenvalue weighted by Gasteiger charge is -2.03. The number of para-hydroxylation sites is 1. The minimum Gasteiger partial charge on any atom is -0.422 e. The van der Waals surface area contributed by atoms with E-state index in [4.69, 9.17) is 4.42 Å². The van der Waals surface area contributed by atoms with Gasteiger partial charge in [-0.1, -0.05) is 18.2 Å². The van der Waals surface area contributed by atoms with Crippen LogP contribution in [0.1, 0.15) is 0 Å². The van der Waals surface area contributed by atoms with E-state index in [1.54, 1.807) is 38.4 Å². The first-order valence-corrected chi connectivity index (χ1v) is 6.84. The zero-order valence-electron chi connectivity index (χ0n) is 10.4.